The number of likely N-dealkylation sites (tertiary alicyclic amines) is 1. The van der Waals surface area contributed by atoms with Gasteiger partial charge in [-0.1, -0.05) is 60.7 Å². The predicted molar refractivity (Wildman–Crippen MR) is 111 cm³/mol. The summed E-state index contributed by atoms with van der Waals surface area (Å²) in [4.78, 5) is 38.3. The van der Waals surface area contributed by atoms with Crippen LogP contribution in [0.4, 0.5) is 0 Å². The Bertz CT molecular complexity index is 909. The van der Waals surface area contributed by atoms with Gasteiger partial charge < -0.3 is 15.5 Å². The zero-order valence-electron chi connectivity index (χ0n) is 16.6. The summed E-state index contributed by atoms with van der Waals surface area (Å²) in [6.07, 6.45) is 2.01. The van der Waals surface area contributed by atoms with Crippen LogP contribution in [-0.4, -0.2) is 36.2 Å². The van der Waals surface area contributed by atoms with Crippen molar-refractivity contribution in [3.05, 3.63) is 77.5 Å². The third-order valence-corrected chi connectivity index (χ3v) is 5.03. The minimum Gasteiger partial charge on any atom is -0.350 e. The van der Waals surface area contributed by atoms with Gasteiger partial charge in [-0.25, -0.2) is 0 Å². The lowest BCUT2D eigenvalue weighted by Gasteiger charge is -2.25. The van der Waals surface area contributed by atoms with Crippen molar-refractivity contribution in [1.29, 1.82) is 0 Å². The summed E-state index contributed by atoms with van der Waals surface area (Å²) in [5, 5.41) is 5.49. The summed E-state index contributed by atoms with van der Waals surface area (Å²) in [6, 6.07) is 19.0. The molecule has 0 aromatic heterocycles. The molecule has 6 heteroatoms. The lowest BCUT2D eigenvalue weighted by atomic mass is 9.93. The van der Waals surface area contributed by atoms with E-state index in [1.165, 1.54) is 6.92 Å². The molecule has 2 aromatic rings. The van der Waals surface area contributed by atoms with E-state index in [-0.39, 0.29) is 35.4 Å². The van der Waals surface area contributed by atoms with Crippen LogP contribution >= 0.6 is 0 Å². The number of nitrogens with one attached hydrogen (secondary N) is 2. The summed E-state index contributed by atoms with van der Waals surface area (Å²) in [5.74, 6) is -0.688. The predicted octanol–water partition coefficient (Wildman–Crippen LogP) is 2.50. The highest BCUT2D eigenvalue weighted by atomic mass is 16.2. The lowest BCUT2D eigenvalue weighted by Crippen LogP contribution is -2.37. The van der Waals surface area contributed by atoms with E-state index in [1.807, 2.05) is 60.7 Å². The van der Waals surface area contributed by atoms with E-state index < -0.39 is 0 Å². The van der Waals surface area contributed by atoms with E-state index in [2.05, 4.69) is 10.6 Å². The third-order valence-electron chi connectivity index (χ3n) is 5.03. The fraction of sp³-hybridized carbons (Fsp3) is 0.261. The monoisotopic (exact) mass is 391 g/mol. The zero-order valence-corrected chi connectivity index (χ0v) is 16.6. The highest BCUT2D eigenvalue weighted by Gasteiger charge is 2.38. The van der Waals surface area contributed by atoms with Crippen LogP contribution in [-0.2, 0) is 14.4 Å². The molecule has 1 aliphatic heterocycles. The normalized spacial score (nSPS) is 19.2. The van der Waals surface area contributed by atoms with Crippen molar-refractivity contribution >= 4 is 23.8 Å². The van der Waals surface area contributed by atoms with Crippen molar-refractivity contribution in [2.45, 2.75) is 19.4 Å². The maximum Gasteiger partial charge on any atom is 0.267 e. The fourth-order valence-corrected chi connectivity index (χ4v) is 3.66. The number of hydrogen-bond acceptors (Lipinski definition) is 3. The van der Waals surface area contributed by atoms with Crippen LogP contribution < -0.4 is 10.6 Å². The summed E-state index contributed by atoms with van der Waals surface area (Å²) in [6.45, 7) is 1.70. The van der Waals surface area contributed by atoms with Crippen LogP contribution in [0, 0.1) is 5.92 Å². The van der Waals surface area contributed by atoms with Gasteiger partial charge in [0.1, 0.15) is 5.70 Å². The molecule has 1 heterocycles. The Kier molecular flexibility index (Phi) is 6.44. The average Bonchev–Trinajstić information content (AvgIpc) is 3.00. The van der Waals surface area contributed by atoms with E-state index in [0.29, 0.717) is 13.0 Å². The molecule has 1 saturated heterocycles. The lowest BCUT2D eigenvalue weighted by molar-refractivity contribution is -0.127. The number of carbonyl (C=O) groups excluding carboxylic acids is 3. The first-order chi connectivity index (χ1) is 14.0. The second kappa shape index (κ2) is 9.19. The number of amides is 3. The van der Waals surface area contributed by atoms with Crippen LogP contribution in [0.3, 0.4) is 0 Å². The smallest absolute Gasteiger partial charge is 0.267 e. The fourth-order valence-electron chi connectivity index (χ4n) is 3.66. The van der Waals surface area contributed by atoms with Gasteiger partial charge in [-0.15, -0.1) is 0 Å². The number of carbonyl (C=O) groups is 3. The van der Waals surface area contributed by atoms with Gasteiger partial charge >= 0.3 is 0 Å². The van der Waals surface area contributed by atoms with Gasteiger partial charge in [0.15, 0.2) is 0 Å². The standard InChI is InChI=1S/C23H25N3O3/c1-16(27)25-20(13-17-9-5-3-6-10-17)23(29)24-15-19-14-21(28)26(2)22(19)18-11-7-4-8-12-18/h3-13,19,22H,14-15H2,1-2H3,(H,24,29)(H,25,27)/b20-13+/t19-,22-/m1/s1. The summed E-state index contributed by atoms with van der Waals surface area (Å²) < 4.78 is 0. The van der Waals surface area contributed by atoms with E-state index in [1.54, 1.807) is 18.0 Å². The van der Waals surface area contributed by atoms with E-state index in [0.717, 1.165) is 11.1 Å². The van der Waals surface area contributed by atoms with Crippen molar-refractivity contribution in [1.82, 2.24) is 15.5 Å². The zero-order chi connectivity index (χ0) is 20.8. The molecule has 0 spiro atoms. The minimum atomic E-state index is -0.377. The van der Waals surface area contributed by atoms with Gasteiger partial charge in [-0.05, 0) is 17.2 Å². The summed E-state index contributed by atoms with van der Waals surface area (Å²) >= 11 is 0. The van der Waals surface area contributed by atoms with Crippen molar-refractivity contribution in [2.75, 3.05) is 13.6 Å². The van der Waals surface area contributed by atoms with Gasteiger partial charge in [-0.3, -0.25) is 14.4 Å². The second-order valence-corrected chi connectivity index (χ2v) is 7.18. The number of rotatable bonds is 6. The van der Waals surface area contributed by atoms with Crippen LogP contribution in [0.5, 0.6) is 0 Å². The molecule has 0 saturated carbocycles. The highest BCUT2D eigenvalue weighted by Crippen LogP contribution is 2.36. The summed E-state index contributed by atoms with van der Waals surface area (Å²) in [5.41, 5.74) is 2.03. The van der Waals surface area contributed by atoms with E-state index >= 15 is 0 Å². The third kappa shape index (κ3) is 5.10. The molecule has 6 nitrogen and oxygen atoms in total. The Morgan fingerprint density at radius 1 is 1.07 bits per heavy atom. The van der Waals surface area contributed by atoms with Gasteiger partial charge in [0, 0.05) is 32.9 Å². The van der Waals surface area contributed by atoms with Crippen molar-refractivity contribution in [3.63, 3.8) is 0 Å². The quantitative estimate of drug-likeness (QED) is 0.743. The Labute approximate surface area is 170 Å². The van der Waals surface area contributed by atoms with E-state index in [4.69, 9.17) is 0 Å². The van der Waals surface area contributed by atoms with Gasteiger partial charge in [0.25, 0.3) is 5.91 Å². The first-order valence-corrected chi connectivity index (χ1v) is 9.59. The Morgan fingerprint density at radius 2 is 1.69 bits per heavy atom. The SMILES string of the molecule is CC(=O)N/C(=C/c1ccccc1)C(=O)NC[C@H]1CC(=O)N(C)[C@@H]1c1ccccc1. The molecule has 0 unspecified atom stereocenters. The molecular weight excluding hydrogens is 366 g/mol. The Balaban J connectivity index is 1.74. The molecule has 2 N–H and O–H groups in total. The van der Waals surface area contributed by atoms with Crippen molar-refractivity contribution in [3.8, 4) is 0 Å². The number of hydrogen-bond donors (Lipinski definition) is 2. The van der Waals surface area contributed by atoms with E-state index in [9.17, 15) is 14.4 Å². The topological polar surface area (TPSA) is 78.5 Å². The van der Waals surface area contributed by atoms with Crippen molar-refractivity contribution in [2.24, 2.45) is 5.92 Å². The van der Waals surface area contributed by atoms with Gasteiger partial charge in [0.2, 0.25) is 11.8 Å². The Morgan fingerprint density at radius 3 is 2.31 bits per heavy atom. The van der Waals surface area contributed by atoms with Crippen LogP contribution in [0.25, 0.3) is 6.08 Å². The molecule has 3 amide bonds. The minimum absolute atomic E-state index is 0.0471. The molecule has 1 fully saturated rings. The molecule has 0 bridgehead atoms. The first-order valence-electron chi connectivity index (χ1n) is 9.59. The average molecular weight is 391 g/mol. The molecule has 0 aliphatic carbocycles. The highest BCUT2D eigenvalue weighted by molar-refractivity contribution is 6.00. The maximum atomic E-state index is 12.8. The molecule has 1 aliphatic rings. The number of nitrogens with zero attached hydrogens (tertiary/aromatic N) is 1. The molecule has 3 rings (SSSR count). The molecule has 2 aromatic carbocycles. The Hall–Kier alpha value is -3.41. The molecule has 2 atom stereocenters. The second-order valence-electron chi connectivity index (χ2n) is 7.18. The molecule has 150 valence electrons. The van der Waals surface area contributed by atoms with Gasteiger partial charge in [-0.2, -0.15) is 0 Å². The molecule has 0 radical (unpaired) electrons. The number of benzene rings is 2. The molecular formula is C23H25N3O3. The maximum absolute atomic E-state index is 12.8. The van der Waals surface area contributed by atoms with Crippen LogP contribution in [0.1, 0.15) is 30.5 Å². The van der Waals surface area contributed by atoms with Gasteiger partial charge in [0.05, 0.1) is 6.04 Å². The largest absolute Gasteiger partial charge is 0.350 e. The molecule has 29 heavy (non-hydrogen) atoms. The first kappa shape index (κ1) is 20.3. The van der Waals surface area contributed by atoms with Crippen LogP contribution in [0.15, 0.2) is 66.4 Å². The summed E-state index contributed by atoms with van der Waals surface area (Å²) in [7, 11) is 1.79. The van der Waals surface area contributed by atoms with Crippen molar-refractivity contribution < 1.29 is 14.4 Å². The van der Waals surface area contributed by atoms with Crippen LogP contribution in [0.2, 0.25) is 0 Å².